The van der Waals surface area contributed by atoms with Gasteiger partial charge in [0, 0.05) is 34.5 Å². The largest absolute Gasteiger partial charge is 0.489 e. The maximum atomic E-state index is 5.93. The maximum Gasteiger partial charge on any atom is 0.124 e. The molecule has 1 N–H and O–H groups in total. The summed E-state index contributed by atoms with van der Waals surface area (Å²) in [5.74, 6) is 0.922. The Morgan fingerprint density at radius 2 is 2.14 bits per heavy atom. The molecule has 0 saturated carbocycles. The minimum atomic E-state index is 0. The lowest BCUT2D eigenvalue weighted by Gasteiger charge is -2.13. The van der Waals surface area contributed by atoms with Crippen LogP contribution < -0.4 is 10.1 Å². The Morgan fingerprint density at radius 3 is 2.86 bits per heavy atom. The van der Waals surface area contributed by atoms with E-state index in [9.17, 15) is 0 Å². The Labute approximate surface area is 147 Å². The molecule has 0 radical (unpaired) electrons. The Kier molecular flexibility index (Phi) is 9.13. The summed E-state index contributed by atoms with van der Waals surface area (Å²) in [6, 6.07) is 10.1. The molecule has 2 rings (SSSR count). The molecule has 0 aliphatic rings. The average Bonchev–Trinajstić information content (AvgIpc) is 2.52. The number of ether oxygens (including phenoxy) is 1. The zero-order chi connectivity index (χ0) is 14.9. The average molecular weight is 386 g/mol. The first kappa shape index (κ1) is 18.9. The molecule has 1 aromatic carbocycles. The fraction of sp³-hybridized carbons (Fsp3) is 0.353. The van der Waals surface area contributed by atoms with Gasteiger partial charge in [-0.3, -0.25) is 4.98 Å². The van der Waals surface area contributed by atoms with Crippen LogP contribution in [0.3, 0.4) is 0 Å². The predicted octanol–water partition coefficient (Wildman–Crippen LogP) is 4.73. The lowest BCUT2D eigenvalue weighted by Crippen LogP contribution is -2.15. The van der Waals surface area contributed by atoms with E-state index in [1.165, 1.54) is 18.4 Å². The van der Waals surface area contributed by atoms with Crippen molar-refractivity contribution in [2.24, 2.45) is 0 Å². The van der Waals surface area contributed by atoms with Gasteiger partial charge in [-0.2, -0.15) is 0 Å². The molecular formula is C17H22BrClN2O. The lowest BCUT2D eigenvalue weighted by atomic mass is 10.2. The molecule has 5 heteroatoms. The van der Waals surface area contributed by atoms with Gasteiger partial charge >= 0.3 is 0 Å². The number of hydrogen-bond acceptors (Lipinski definition) is 3. The van der Waals surface area contributed by atoms with Gasteiger partial charge in [0.15, 0.2) is 0 Å². The van der Waals surface area contributed by atoms with E-state index in [2.05, 4.69) is 39.2 Å². The van der Waals surface area contributed by atoms with E-state index < -0.39 is 0 Å². The topological polar surface area (TPSA) is 34.1 Å². The zero-order valence-corrected chi connectivity index (χ0v) is 15.1. The lowest BCUT2D eigenvalue weighted by molar-refractivity contribution is 0.301. The molecule has 1 aromatic heterocycles. The van der Waals surface area contributed by atoms with Crippen molar-refractivity contribution >= 4 is 28.3 Å². The molecule has 120 valence electrons. The first-order valence-electron chi connectivity index (χ1n) is 7.30. The second-order valence-corrected chi connectivity index (χ2v) is 5.85. The second kappa shape index (κ2) is 10.6. The number of halogens is 2. The van der Waals surface area contributed by atoms with Crippen LogP contribution in [0.5, 0.6) is 5.75 Å². The predicted molar refractivity (Wildman–Crippen MR) is 96.6 cm³/mol. The maximum absolute atomic E-state index is 5.93. The first-order valence-corrected chi connectivity index (χ1v) is 8.09. The van der Waals surface area contributed by atoms with Crippen molar-refractivity contribution in [1.82, 2.24) is 10.3 Å². The number of nitrogens with one attached hydrogen (secondary N) is 1. The summed E-state index contributed by atoms with van der Waals surface area (Å²) in [6.07, 6.45) is 6.00. The van der Waals surface area contributed by atoms with Gasteiger partial charge in [0.2, 0.25) is 0 Å². The third-order valence-corrected chi connectivity index (χ3v) is 3.66. The number of unbranched alkanes of at least 4 members (excludes halogenated alkanes) is 1. The van der Waals surface area contributed by atoms with E-state index in [4.69, 9.17) is 4.74 Å². The number of aromatic nitrogens is 1. The van der Waals surface area contributed by atoms with Crippen molar-refractivity contribution in [3.05, 3.63) is 58.3 Å². The first-order chi connectivity index (χ1) is 10.3. The van der Waals surface area contributed by atoms with E-state index >= 15 is 0 Å². The molecule has 0 spiro atoms. The summed E-state index contributed by atoms with van der Waals surface area (Å²) < 4.78 is 7.01. The van der Waals surface area contributed by atoms with Crippen molar-refractivity contribution < 1.29 is 4.74 Å². The monoisotopic (exact) mass is 384 g/mol. The van der Waals surface area contributed by atoms with Crippen LogP contribution in [0.15, 0.2) is 47.2 Å². The van der Waals surface area contributed by atoms with E-state index in [0.717, 1.165) is 28.9 Å². The van der Waals surface area contributed by atoms with Gasteiger partial charge in [0.25, 0.3) is 0 Å². The summed E-state index contributed by atoms with van der Waals surface area (Å²) in [5.41, 5.74) is 2.25. The SMILES string of the molecule is CCCCNCc1cc(Br)ccc1OCc1cccnc1.Cl. The molecule has 0 fully saturated rings. The van der Waals surface area contributed by atoms with Crippen LogP contribution in [0.1, 0.15) is 30.9 Å². The van der Waals surface area contributed by atoms with Crippen LogP contribution >= 0.6 is 28.3 Å². The van der Waals surface area contributed by atoms with E-state index in [1.54, 1.807) is 6.20 Å². The molecule has 1 heterocycles. The molecular weight excluding hydrogens is 364 g/mol. The fourth-order valence-corrected chi connectivity index (χ4v) is 2.40. The van der Waals surface area contributed by atoms with Crippen LogP contribution in [-0.4, -0.2) is 11.5 Å². The molecule has 0 bridgehead atoms. The van der Waals surface area contributed by atoms with Crippen LogP contribution in [0, 0.1) is 0 Å². The Hall–Kier alpha value is -1.10. The molecule has 0 saturated heterocycles. The van der Waals surface area contributed by atoms with Crippen molar-refractivity contribution in [1.29, 1.82) is 0 Å². The van der Waals surface area contributed by atoms with E-state index in [1.807, 2.05) is 30.5 Å². The van der Waals surface area contributed by atoms with Crippen molar-refractivity contribution in [3.8, 4) is 5.75 Å². The summed E-state index contributed by atoms with van der Waals surface area (Å²) in [7, 11) is 0. The minimum absolute atomic E-state index is 0. The third kappa shape index (κ3) is 6.34. The number of benzene rings is 1. The van der Waals surface area contributed by atoms with Gasteiger partial charge in [-0.1, -0.05) is 35.3 Å². The Balaban J connectivity index is 0.00000242. The van der Waals surface area contributed by atoms with Gasteiger partial charge in [-0.25, -0.2) is 0 Å². The number of pyridine rings is 1. The van der Waals surface area contributed by atoms with Gasteiger partial charge in [-0.15, -0.1) is 12.4 Å². The summed E-state index contributed by atoms with van der Waals surface area (Å²) in [4.78, 5) is 4.10. The normalized spacial score (nSPS) is 10.1. The number of rotatable bonds is 8. The van der Waals surface area contributed by atoms with Gasteiger partial charge < -0.3 is 10.1 Å². The molecule has 0 aliphatic heterocycles. The summed E-state index contributed by atoms with van der Waals surface area (Å²) in [5, 5.41) is 3.46. The second-order valence-electron chi connectivity index (χ2n) is 4.93. The highest BCUT2D eigenvalue weighted by molar-refractivity contribution is 9.10. The highest BCUT2D eigenvalue weighted by Gasteiger charge is 2.05. The Morgan fingerprint density at radius 1 is 1.27 bits per heavy atom. The molecule has 0 aliphatic carbocycles. The molecule has 0 atom stereocenters. The molecule has 3 nitrogen and oxygen atoms in total. The number of hydrogen-bond donors (Lipinski definition) is 1. The van der Waals surface area contributed by atoms with Crippen LogP contribution in [0.25, 0.3) is 0 Å². The fourth-order valence-electron chi connectivity index (χ4n) is 2.00. The van der Waals surface area contributed by atoms with Crippen LogP contribution in [0.4, 0.5) is 0 Å². The zero-order valence-electron chi connectivity index (χ0n) is 12.7. The summed E-state index contributed by atoms with van der Waals surface area (Å²) >= 11 is 3.52. The van der Waals surface area contributed by atoms with Gasteiger partial charge in [0.05, 0.1) is 0 Å². The smallest absolute Gasteiger partial charge is 0.124 e. The van der Waals surface area contributed by atoms with Crippen LogP contribution in [-0.2, 0) is 13.2 Å². The quantitative estimate of drug-likeness (QED) is 0.667. The number of nitrogens with zero attached hydrogens (tertiary/aromatic N) is 1. The third-order valence-electron chi connectivity index (χ3n) is 3.16. The molecule has 0 unspecified atom stereocenters. The van der Waals surface area contributed by atoms with E-state index in [-0.39, 0.29) is 12.4 Å². The molecule has 2 aromatic rings. The van der Waals surface area contributed by atoms with Gasteiger partial charge in [0.1, 0.15) is 12.4 Å². The van der Waals surface area contributed by atoms with Crippen molar-refractivity contribution in [3.63, 3.8) is 0 Å². The van der Waals surface area contributed by atoms with Crippen LogP contribution in [0.2, 0.25) is 0 Å². The summed E-state index contributed by atoms with van der Waals surface area (Å²) in [6.45, 7) is 4.59. The minimum Gasteiger partial charge on any atom is -0.489 e. The standard InChI is InChI=1S/C17H21BrN2O.ClH/c1-2-3-8-20-12-15-10-16(18)6-7-17(15)21-13-14-5-4-9-19-11-14;/h4-7,9-11,20H,2-3,8,12-13H2,1H3;1H. The molecule has 0 amide bonds. The highest BCUT2D eigenvalue weighted by atomic mass is 79.9. The van der Waals surface area contributed by atoms with E-state index in [0.29, 0.717) is 6.61 Å². The molecule has 22 heavy (non-hydrogen) atoms. The van der Waals surface area contributed by atoms with Crippen molar-refractivity contribution in [2.45, 2.75) is 32.9 Å². The van der Waals surface area contributed by atoms with Gasteiger partial charge in [-0.05, 0) is 37.2 Å². The Bertz CT molecular complexity index is 552. The highest BCUT2D eigenvalue weighted by Crippen LogP contribution is 2.24. The van der Waals surface area contributed by atoms with Crippen molar-refractivity contribution in [2.75, 3.05) is 6.54 Å².